The number of para-hydroxylation sites is 1. The van der Waals surface area contributed by atoms with Crippen LogP contribution >= 0.6 is 15.9 Å². The molecule has 0 bridgehead atoms. The van der Waals surface area contributed by atoms with Gasteiger partial charge in [0.05, 0.1) is 12.5 Å². The molecular formula is C31H29BrN6O3. The molecule has 1 atom stereocenters. The highest BCUT2D eigenvalue weighted by atomic mass is 79.9. The monoisotopic (exact) mass is 612 g/mol. The normalized spacial score (nSPS) is 12.0. The number of carbonyl (C=O) groups excluding carboxylic acids is 2. The summed E-state index contributed by atoms with van der Waals surface area (Å²) in [5, 5.41) is 7.95. The minimum Gasteiger partial charge on any atom is -0.445 e. The molecule has 3 N–H and O–H groups in total. The van der Waals surface area contributed by atoms with Gasteiger partial charge in [0, 0.05) is 51.5 Å². The average Bonchev–Trinajstić information content (AvgIpc) is 3.60. The van der Waals surface area contributed by atoms with Crippen LogP contribution in [0.2, 0.25) is 0 Å². The molecule has 0 saturated carbocycles. The van der Waals surface area contributed by atoms with Crippen molar-refractivity contribution in [1.82, 2.24) is 25.3 Å². The van der Waals surface area contributed by atoms with Gasteiger partial charge in [0.25, 0.3) is 5.91 Å². The van der Waals surface area contributed by atoms with Crippen LogP contribution in [0.25, 0.3) is 10.9 Å². The first kappa shape index (κ1) is 27.9. The van der Waals surface area contributed by atoms with E-state index in [0.29, 0.717) is 12.2 Å². The summed E-state index contributed by atoms with van der Waals surface area (Å²) in [7, 11) is 0. The Morgan fingerprint density at radius 3 is 2.56 bits per heavy atom. The second-order valence-electron chi connectivity index (χ2n) is 9.50. The number of nitrogens with one attached hydrogen (secondary N) is 3. The predicted octanol–water partition coefficient (Wildman–Crippen LogP) is 5.47. The lowest BCUT2D eigenvalue weighted by Gasteiger charge is -2.16. The Hall–Kier alpha value is -4.70. The Balaban J connectivity index is 1.30. The molecule has 0 radical (unpaired) electrons. The molecule has 5 aromatic rings. The molecule has 0 unspecified atom stereocenters. The molecule has 0 aliphatic carbocycles. The Labute approximate surface area is 245 Å². The third-order valence-electron chi connectivity index (χ3n) is 6.70. The largest absolute Gasteiger partial charge is 0.445 e. The van der Waals surface area contributed by atoms with Crippen molar-refractivity contribution in [3.05, 3.63) is 124 Å². The third-order valence-corrected chi connectivity index (χ3v) is 7.23. The van der Waals surface area contributed by atoms with Gasteiger partial charge >= 0.3 is 6.09 Å². The molecule has 2 aromatic heterocycles. The molecular weight excluding hydrogens is 584 g/mol. The van der Waals surface area contributed by atoms with Crippen LogP contribution in [0.5, 0.6) is 0 Å². The number of rotatable bonds is 10. The molecule has 0 aliphatic rings. The highest BCUT2D eigenvalue weighted by Gasteiger charge is 2.23. The fourth-order valence-corrected chi connectivity index (χ4v) is 4.83. The molecule has 0 saturated heterocycles. The molecule has 3 aromatic carbocycles. The smallest absolute Gasteiger partial charge is 0.408 e. The first-order chi connectivity index (χ1) is 20.0. The van der Waals surface area contributed by atoms with Gasteiger partial charge in [-0.1, -0.05) is 76.6 Å². The number of fused-ring (bicyclic) bond motifs is 1. The molecule has 208 valence electrons. The highest BCUT2D eigenvalue weighted by molar-refractivity contribution is 9.10. The number of imidazole rings is 1. The maximum Gasteiger partial charge on any atom is 0.408 e. The van der Waals surface area contributed by atoms with Gasteiger partial charge in [-0.15, -0.1) is 0 Å². The molecule has 9 nitrogen and oxygen atoms in total. The number of aromatic nitrogens is 3. The van der Waals surface area contributed by atoms with Crippen molar-refractivity contribution in [3.8, 4) is 0 Å². The third kappa shape index (κ3) is 7.09. The van der Waals surface area contributed by atoms with E-state index in [1.54, 1.807) is 12.4 Å². The summed E-state index contributed by atoms with van der Waals surface area (Å²) in [6.07, 6.45) is 4.25. The quantitative estimate of drug-likeness (QED) is 0.143. The van der Waals surface area contributed by atoms with E-state index in [1.165, 1.54) is 11.9 Å². The fraction of sp³-hybridized carbons (Fsp3) is 0.161. The molecule has 2 amide bonds. The number of benzene rings is 3. The number of hydrogen-bond donors (Lipinski definition) is 3. The van der Waals surface area contributed by atoms with E-state index in [2.05, 4.69) is 64.5 Å². The van der Waals surface area contributed by atoms with Crippen molar-refractivity contribution in [2.45, 2.75) is 32.5 Å². The van der Waals surface area contributed by atoms with Gasteiger partial charge in [-0.2, -0.15) is 5.10 Å². The van der Waals surface area contributed by atoms with Crippen molar-refractivity contribution in [3.63, 3.8) is 0 Å². The molecule has 2 heterocycles. The van der Waals surface area contributed by atoms with Crippen molar-refractivity contribution in [1.29, 1.82) is 0 Å². The summed E-state index contributed by atoms with van der Waals surface area (Å²) in [4.78, 5) is 32.7. The maximum atomic E-state index is 13.2. The molecule has 0 fully saturated rings. The van der Waals surface area contributed by atoms with Gasteiger partial charge in [0.15, 0.2) is 0 Å². The summed E-state index contributed by atoms with van der Waals surface area (Å²) in [5.74, 6) is -0.483. The zero-order chi connectivity index (χ0) is 28.6. The van der Waals surface area contributed by atoms with E-state index >= 15 is 0 Å². The van der Waals surface area contributed by atoms with Crippen LogP contribution in [0, 0.1) is 6.92 Å². The van der Waals surface area contributed by atoms with Gasteiger partial charge in [0.1, 0.15) is 12.6 Å². The first-order valence-electron chi connectivity index (χ1n) is 13.1. The van der Waals surface area contributed by atoms with E-state index in [-0.39, 0.29) is 13.0 Å². The second kappa shape index (κ2) is 13.1. The standard InChI is InChI=1S/C31H29BrN6O3/c1-21-27(26-9-5-6-10-29(26)38(21)18-22-11-13-24(32)14-12-22)17-35-37-30(39)28(15-25-16-33-20-34-25)36-31(40)41-19-23-7-3-2-4-8-23/h2-14,16-17,20,28H,15,18-19H2,1H3,(H,33,34)(H,36,40)(H,37,39)/b35-17-/t28-/m0/s1. The van der Waals surface area contributed by atoms with Crippen LogP contribution in [0.1, 0.15) is 28.1 Å². The Kier molecular flexibility index (Phi) is 8.90. The van der Waals surface area contributed by atoms with E-state index in [4.69, 9.17) is 4.74 Å². The van der Waals surface area contributed by atoms with Crippen LogP contribution in [-0.2, 0) is 29.1 Å². The van der Waals surface area contributed by atoms with Crippen LogP contribution in [0.15, 0.2) is 101 Å². The summed E-state index contributed by atoms with van der Waals surface area (Å²) >= 11 is 3.49. The summed E-state index contributed by atoms with van der Waals surface area (Å²) in [6.45, 7) is 2.82. The Morgan fingerprint density at radius 1 is 1.05 bits per heavy atom. The number of hydrogen-bond acceptors (Lipinski definition) is 5. The van der Waals surface area contributed by atoms with Gasteiger partial charge in [-0.25, -0.2) is 15.2 Å². The van der Waals surface area contributed by atoms with Crippen LogP contribution in [0.4, 0.5) is 4.79 Å². The number of amides is 2. The van der Waals surface area contributed by atoms with Crippen molar-refractivity contribution < 1.29 is 14.3 Å². The Morgan fingerprint density at radius 2 is 1.80 bits per heavy atom. The second-order valence-corrected chi connectivity index (χ2v) is 10.4. The highest BCUT2D eigenvalue weighted by Crippen LogP contribution is 2.26. The summed E-state index contributed by atoms with van der Waals surface area (Å²) in [5.41, 5.74) is 8.28. The van der Waals surface area contributed by atoms with Crippen LogP contribution < -0.4 is 10.7 Å². The van der Waals surface area contributed by atoms with Gasteiger partial charge < -0.3 is 19.6 Å². The lowest BCUT2D eigenvalue weighted by Crippen LogP contribution is -2.47. The van der Waals surface area contributed by atoms with Crippen LogP contribution in [0.3, 0.4) is 0 Å². The van der Waals surface area contributed by atoms with Gasteiger partial charge in [-0.05, 0) is 36.2 Å². The predicted molar refractivity (Wildman–Crippen MR) is 161 cm³/mol. The lowest BCUT2D eigenvalue weighted by atomic mass is 10.1. The van der Waals surface area contributed by atoms with Crippen molar-refractivity contribution >= 4 is 45.0 Å². The molecule has 5 rings (SSSR count). The number of carbonyl (C=O) groups is 2. The SMILES string of the molecule is Cc1c(/C=N\NC(=O)[C@H](Cc2cnc[nH]2)NC(=O)OCc2ccccc2)c2ccccc2n1Cc1ccc(Br)cc1. The molecule has 0 aliphatic heterocycles. The lowest BCUT2D eigenvalue weighted by molar-refractivity contribution is -0.123. The molecule has 10 heteroatoms. The topological polar surface area (TPSA) is 113 Å². The van der Waals surface area contributed by atoms with E-state index < -0.39 is 18.0 Å². The number of hydrazone groups is 1. The number of aromatic amines is 1. The van der Waals surface area contributed by atoms with E-state index in [0.717, 1.165) is 32.2 Å². The zero-order valence-corrected chi connectivity index (χ0v) is 24.0. The van der Waals surface area contributed by atoms with E-state index in [1.807, 2.05) is 67.6 Å². The first-order valence-corrected chi connectivity index (χ1v) is 13.9. The zero-order valence-electron chi connectivity index (χ0n) is 22.4. The number of alkyl carbamates (subject to hydrolysis) is 1. The number of nitrogens with zero attached hydrogens (tertiary/aromatic N) is 3. The fourth-order valence-electron chi connectivity index (χ4n) is 4.57. The Bertz CT molecular complexity index is 1650. The summed E-state index contributed by atoms with van der Waals surface area (Å²) < 4.78 is 8.58. The van der Waals surface area contributed by atoms with Gasteiger partial charge in [-0.3, -0.25) is 4.79 Å². The number of H-pyrrole nitrogens is 1. The summed E-state index contributed by atoms with van der Waals surface area (Å²) in [6, 6.07) is 24.7. The number of ether oxygens (including phenoxy) is 1. The van der Waals surface area contributed by atoms with Crippen molar-refractivity contribution in [2.24, 2.45) is 5.10 Å². The number of halogens is 1. The van der Waals surface area contributed by atoms with Crippen molar-refractivity contribution in [2.75, 3.05) is 0 Å². The van der Waals surface area contributed by atoms with Gasteiger partial charge in [0.2, 0.25) is 0 Å². The molecule has 0 spiro atoms. The minimum atomic E-state index is -0.935. The molecule has 41 heavy (non-hydrogen) atoms. The van der Waals surface area contributed by atoms with E-state index in [9.17, 15) is 9.59 Å². The average molecular weight is 614 g/mol. The van der Waals surface area contributed by atoms with Crippen LogP contribution in [-0.4, -0.2) is 38.8 Å². The maximum absolute atomic E-state index is 13.2. The minimum absolute atomic E-state index is 0.0901.